The van der Waals surface area contributed by atoms with Gasteiger partial charge in [-0.3, -0.25) is 13.7 Å². The molecule has 9 nitrogen and oxygen atoms in total. The third kappa shape index (κ3) is 6.03. The molecule has 4 N–H and O–H groups in total. The standard InChI is InChI=1S/C22H47BO9P2/c1-10-19(5,14-15-16(24)17(25)18(23)30-15)31-33(9,27)21(7,12-3)20(6,11-2)32-34(28,29)22(8,26)13-4/h15-18,24-26H,10-14,23H2,1-9H3,(H,28,29)/t15-,16-,17-,18-,19-,20?,21?,22?,33?/m1/s1. The Bertz CT molecular complexity index is 796. The number of rotatable bonds is 13. The van der Waals surface area contributed by atoms with Crippen molar-refractivity contribution in [2.75, 3.05) is 6.66 Å². The van der Waals surface area contributed by atoms with E-state index in [-0.39, 0.29) is 19.3 Å². The van der Waals surface area contributed by atoms with Crippen molar-refractivity contribution in [1.29, 1.82) is 0 Å². The van der Waals surface area contributed by atoms with Crippen LogP contribution < -0.4 is 0 Å². The van der Waals surface area contributed by atoms with Crippen molar-refractivity contribution in [3.63, 3.8) is 0 Å². The Balaban J connectivity index is 3.35. The zero-order chi connectivity index (χ0) is 27.0. The Morgan fingerprint density at radius 2 is 1.44 bits per heavy atom. The van der Waals surface area contributed by atoms with Crippen LogP contribution in [0.3, 0.4) is 0 Å². The molecule has 0 amide bonds. The van der Waals surface area contributed by atoms with E-state index in [4.69, 9.17) is 13.8 Å². The quantitative estimate of drug-likeness (QED) is 0.209. The second-order valence-corrected chi connectivity index (χ2v) is 15.7. The van der Waals surface area contributed by atoms with E-state index < -0.39 is 61.0 Å². The average Bonchev–Trinajstić information content (AvgIpc) is 2.97. The highest BCUT2D eigenvalue weighted by molar-refractivity contribution is 7.60. The summed E-state index contributed by atoms with van der Waals surface area (Å²) < 4.78 is 45.3. The van der Waals surface area contributed by atoms with E-state index in [0.29, 0.717) is 12.8 Å². The van der Waals surface area contributed by atoms with Crippen molar-refractivity contribution >= 4 is 22.8 Å². The molecule has 1 aliphatic rings. The molecule has 0 spiro atoms. The second kappa shape index (κ2) is 10.9. The molecule has 1 aliphatic heterocycles. The molecule has 0 bridgehead atoms. The summed E-state index contributed by atoms with van der Waals surface area (Å²) in [4.78, 5) is 10.7. The van der Waals surface area contributed by atoms with Crippen LogP contribution in [0.15, 0.2) is 0 Å². The average molecular weight is 528 g/mol. The van der Waals surface area contributed by atoms with Gasteiger partial charge in [-0.05, 0) is 53.4 Å². The second-order valence-electron chi connectivity index (χ2n) is 10.7. The molecule has 1 fully saturated rings. The van der Waals surface area contributed by atoms with Crippen LogP contribution in [0, 0.1) is 0 Å². The van der Waals surface area contributed by atoms with Gasteiger partial charge in [-0.1, -0.05) is 27.7 Å². The third-order valence-corrected chi connectivity index (χ3v) is 13.9. The normalized spacial score (nSPS) is 34.1. The van der Waals surface area contributed by atoms with Gasteiger partial charge < -0.3 is 29.5 Å². The molecule has 5 unspecified atom stereocenters. The van der Waals surface area contributed by atoms with Gasteiger partial charge in [0.2, 0.25) is 7.37 Å². The molecular formula is C22H47BO9P2. The van der Waals surface area contributed by atoms with E-state index in [1.54, 1.807) is 42.5 Å². The first kappa shape index (κ1) is 32.3. The molecule has 0 aliphatic carbocycles. The number of ether oxygens (including phenoxy) is 1. The van der Waals surface area contributed by atoms with Crippen molar-refractivity contribution in [3.05, 3.63) is 0 Å². The summed E-state index contributed by atoms with van der Waals surface area (Å²) in [5.41, 5.74) is -2.33. The highest BCUT2D eigenvalue weighted by Gasteiger charge is 2.60. The fourth-order valence-electron chi connectivity index (χ4n) is 4.50. The molecular weight excluding hydrogens is 481 g/mol. The Hall–Kier alpha value is 0.245. The third-order valence-electron chi connectivity index (χ3n) is 8.38. The van der Waals surface area contributed by atoms with Crippen LogP contribution >= 0.6 is 15.0 Å². The zero-order valence-electron chi connectivity index (χ0n) is 22.6. The van der Waals surface area contributed by atoms with Crippen molar-refractivity contribution in [2.24, 2.45) is 0 Å². The Morgan fingerprint density at radius 1 is 0.912 bits per heavy atom. The molecule has 34 heavy (non-hydrogen) atoms. The SMILES string of the molecule is B[C@@H]1O[C@H](C[C@@](C)(CC)OP(C)(=O)C(C)(CC)C(C)(CC)OP(=O)(O)C(C)(O)CC)[C@@H](O)[C@H]1O. The smallest absolute Gasteiger partial charge is 0.359 e. The van der Waals surface area contributed by atoms with E-state index in [2.05, 4.69) is 0 Å². The minimum absolute atomic E-state index is 0.00555. The van der Waals surface area contributed by atoms with Gasteiger partial charge in [-0.25, -0.2) is 0 Å². The van der Waals surface area contributed by atoms with E-state index >= 15 is 0 Å². The van der Waals surface area contributed by atoms with E-state index in [0.717, 1.165) is 0 Å². The maximum atomic E-state index is 14.3. The van der Waals surface area contributed by atoms with Gasteiger partial charge >= 0.3 is 7.60 Å². The predicted octanol–water partition coefficient (Wildman–Crippen LogP) is 3.21. The lowest BCUT2D eigenvalue weighted by Gasteiger charge is -2.51. The first-order chi connectivity index (χ1) is 15.2. The summed E-state index contributed by atoms with van der Waals surface area (Å²) >= 11 is 0. The van der Waals surface area contributed by atoms with Crippen LogP contribution in [-0.4, -0.2) is 80.7 Å². The molecule has 1 rings (SSSR count). The predicted molar refractivity (Wildman–Crippen MR) is 136 cm³/mol. The van der Waals surface area contributed by atoms with Crippen molar-refractivity contribution in [2.45, 2.75) is 134 Å². The highest BCUT2D eigenvalue weighted by atomic mass is 31.2. The van der Waals surface area contributed by atoms with Crippen LogP contribution in [-0.2, 0) is 22.9 Å². The summed E-state index contributed by atoms with van der Waals surface area (Å²) in [5, 5.41) is 27.8. The Labute approximate surface area is 206 Å². The number of aliphatic hydroxyl groups is 3. The number of hydrogen-bond donors (Lipinski definition) is 4. The van der Waals surface area contributed by atoms with Gasteiger partial charge in [-0.2, -0.15) is 0 Å². The Kier molecular flexibility index (Phi) is 10.4. The molecule has 1 saturated heterocycles. The summed E-state index contributed by atoms with van der Waals surface area (Å²) in [6, 6.07) is -0.530. The lowest BCUT2D eigenvalue weighted by Crippen LogP contribution is -2.52. The van der Waals surface area contributed by atoms with Gasteiger partial charge in [0.25, 0.3) is 0 Å². The maximum absolute atomic E-state index is 14.3. The number of hydrogen-bond acceptors (Lipinski definition) is 8. The van der Waals surface area contributed by atoms with Crippen LogP contribution in [0.2, 0.25) is 0 Å². The monoisotopic (exact) mass is 528 g/mol. The summed E-state index contributed by atoms with van der Waals surface area (Å²) in [6.45, 7) is 15.0. The molecule has 10 atom stereocenters. The van der Waals surface area contributed by atoms with E-state index in [9.17, 15) is 29.3 Å². The van der Waals surface area contributed by atoms with Gasteiger partial charge in [0, 0.05) is 13.1 Å². The molecule has 0 radical (unpaired) electrons. The topological polar surface area (TPSA) is 143 Å². The minimum atomic E-state index is -4.52. The van der Waals surface area contributed by atoms with Gasteiger partial charge in [0.15, 0.2) is 5.34 Å². The molecule has 0 aromatic carbocycles. The molecule has 0 aromatic heterocycles. The van der Waals surface area contributed by atoms with Crippen LogP contribution in [0.4, 0.5) is 0 Å². The largest absolute Gasteiger partial charge is 0.388 e. The van der Waals surface area contributed by atoms with Crippen molar-refractivity contribution < 1.29 is 43.1 Å². The summed E-state index contributed by atoms with van der Waals surface area (Å²) in [7, 11) is -6.42. The van der Waals surface area contributed by atoms with Crippen LogP contribution in [0.25, 0.3) is 0 Å². The lowest BCUT2D eigenvalue weighted by atomic mass is 9.85. The van der Waals surface area contributed by atoms with Crippen molar-refractivity contribution in [1.82, 2.24) is 0 Å². The van der Waals surface area contributed by atoms with Gasteiger partial charge in [-0.15, -0.1) is 0 Å². The molecule has 0 aromatic rings. The molecule has 1 heterocycles. The lowest BCUT2D eigenvalue weighted by molar-refractivity contribution is -0.0399. The van der Waals surface area contributed by atoms with E-state index in [1.807, 2.05) is 13.8 Å². The minimum Gasteiger partial charge on any atom is -0.388 e. The van der Waals surface area contributed by atoms with Crippen LogP contribution in [0.1, 0.15) is 87.5 Å². The zero-order valence-corrected chi connectivity index (χ0v) is 24.4. The van der Waals surface area contributed by atoms with Crippen LogP contribution in [0.5, 0.6) is 0 Å². The first-order valence-corrected chi connectivity index (χ1v) is 15.9. The fourth-order valence-corrected chi connectivity index (χ4v) is 8.93. The fraction of sp³-hybridized carbons (Fsp3) is 1.00. The molecule has 0 saturated carbocycles. The Morgan fingerprint density at radius 3 is 1.79 bits per heavy atom. The first-order valence-electron chi connectivity index (χ1n) is 12.3. The summed E-state index contributed by atoms with van der Waals surface area (Å²) in [6.07, 6.45) is -1.55. The summed E-state index contributed by atoms with van der Waals surface area (Å²) in [5.74, 6) is 0. The number of aliphatic hydroxyl groups excluding tert-OH is 2. The molecule has 202 valence electrons. The van der Waals surface area contributed by atoms with Crippen molar-refractivity contribution in [3.8, 4) is 0 Å². The maximum Gasteiger partial charge on any atom is 0.359 e. The van der Waals surface area contributed by atoms with Gasteiger partial charge in [0.1, 0.15) is 20.1 Å². The highest BCUT2D eigenvalue weighted by Crippen LogP contribution is 2.69. The van der Waals surface area contributed by atoms with E-state index in [1.165, 1.54) is 13.6 Å². The molecule has 12 heteroatoms. The van der Waals surface area contributed by atoms with Gasteiger partial charge in [0.05, 0.1) is 28.5 Å².